The van der Waals surface area contributed by atoms with Crippen LogP contribution in [0.4, 0.5) is 0 Å². The highest BCUT2D eigenvalue weighted by Crippen LogP contribution is 2.14. The average Bonchev–Trinajstić information content (AvgIpc) is 2.53. The Morgan fingerprint density at radius 3 is 2.80 bits per heavy atom. The van der Waals surface area contributed by atoms with Gasteiger partial charge in [-0.15, -0.1) is 0 Å². The lowest BCUT2D eigenvalue weighted by molar-refractivity contribution is 0.104. The minimum absolute atomic E-state index is 0.0515. The molecular formula is C17H12N2O. The molecule has 3 aromatic rings. The number of carbonyl (C=O) groups is 1. The van der Waals surface area contributed by atoms with Crippen molar-refractivity contribution in [2.45, 2.75) is 0 Å². The zero-order chi connectivity index (χ0) is 13.8. The number of hydrogen-bond acceptors (Lipinski definition) is 3. The molecule has 3 heteroatoms. The van der Waals surface area contributed by atoms with E-state index in [1.165, 1.54) is 0 Å². The number of allylic oxidation sites excluding steroid dienone is 1. The van der Waals surface area contributed by atoms with Crippen molar-refractivity contribution in [3.63, 3.8) is 0 Å². The summed E-state index contributed by atoms with van der Waals surface area (Å²) in [5, 5.41) is 1.06. The number of fused-ring (bicyclic) bond motifs is 1. The Bertz CT molecular complexity index is 779. The van der Waals surface area contributed by atoms with Crippen LogP contribution in [0.25, 0.3) is 17.0 Å². The molecule has 0 fully saturated rings. The summed E-state index contributed by atoms with van der Waals surface area (Å²) >= 11 is 0. The van der Waals surface area contributed by atoms with Crippen molar-refractivity contribution in [1.29, 1.82) is 0 Å². The number of aromatic nitrogens is 2. The Labute approximate surface area is 116 Å². The second kappa shape index (κ2) is 5.45. The number of ketones is 1. The van der Waals surface area contributed by atoms with Crippen molar-refractivity contribution in [1.82, 2.24) is 9.97 Å². The summed E-state index contributed by atoms with van der Waals surface area (Å²) in [4.78, 5) is 20.1. The van der Waals surface area contributed by atoms with E-state index in [0.29, 0.717) is 5.56 Å². The smallest absolute Gasteiger partial charge is 0.187 e. The van der Waals surface area contributed by atoms with Crippen molar-refractivity contribution < 1.29 is 4.79 Å². The highest BCUT2D eigenvalue weighted by Gasteiger charge is 2.00. The van der Waals surface area contributed by atoms with Crippen LogP contribution < -0.4 is 0 Å². The molecule has 3 nitrogen and oxygen atoms in total. The molecule has 20 heavy (non-hydrogen) atoms. The highest BCUT2D eigenvalue weighted by molar-refractivity contribution is 6.06. The molecular weight excluding hydrogens is 248 g/mol. The Balaban J connectivity index is 1.85. The average molecular weight is 260 g/mol. The predicted molar refractivity (Wildman–Crippen MR) is 79.3 cm³/mol. The maximum Gasteiger partial charge on any atom is 0.187 e. The minimum Gasteiger partial charge on any atom is -0.289 e. The third-order valence-corrected chi connectivity index (χ3v) is 3.00. The molecule has 1 aromatic carbocycles. The van der Waals surface area contributed by atoms with Gasteiger partial charge in [0.25, 0.3) is 0 Å². The van der Waals surface area contributed by atoms with Crippen molar-refractivity contribution in [3.05, 3.63) is 78.3 Å². The van der Waals surface area contributed by atoms with Gasteiger partial charge < -0.3 is 0 Å². The summed E-state index contributed by atoms with van der Waals surface area (Å²) in [6.07, 6.45) is 8.36. The zero-order valence-electron chi connectivity index (χ0n) is 10.7. The van der Waals surface area contributed by atoms with Crippen LogP contribution in [0.1, 0.15) is 15.9 Å². The summed E-state index contributed by atoms with van der Waals surface area (Å²) in [5.74, 6) is -0.0515. The van der Waals surface area contributed by atoms with Crippen molar-refractivity contribution in [3.8, 4) is 0 Å². The molecule has 3 rings (SSSR count). The second-order valence-electron chi connectivity index (χ2n) is 4.39. The normalized spacial score (nSPS) is 11.0. The third kappa shape index (κ3) is 2.62. The predicted octanol–water partition coefficient (Wildman–Crippen LogP) is 3.53. The van der Waals surface area contributed by atoms with Gasteiger partial charge in [0.2, 0.25) is 0 Å². The number of nitrogens with zero attached hydrogens (tertiary/aromatic N) is 2. The van der Waals surface area contributed by atoms with Crippen molar-refractivity contribution in [2.24, 2.45) is 0 Å². The first kappa shape index (κ1) is 12.2. The molecule has 0 saturated carbocycles. The van der Waals surface area contributed by atoms with Gasteiger partial charge in [-0.1, -0.05) is 18.2 Å². The minimum atomic E-state index is -0.0515. The molecule has 0 aliphatic carbocycles. The molecule has 0 aliphatic rings. The first-order valence-corrected chi connectivity index (χ1v) is 6.30. The molecule has 0 N–H and O–H groups in total. The molecule has 2 aromatic heterocycles. The fourth-order valence-electron chi connectivity index (χ4n) is 1.97. The largest absolute Gasteiger partial charge is 0.289 e. The summed E-state index contributed by atoms with van der Waals surface area (Å²) in [7, 11) is 0. The van der Waals surface area contributed by atoms with Gasteiger partial charge in [0.1, 0.15) is 0 Å². The second-order valence-corrected chi connectivity index (χ2v) is 4.39. The van der Waals surface area contributed by atoms with Crippen LogP contribution in [-0.4, -0.2) is 15.8 Å². The van der Waals surface area contributed by atoms with Gasteiger partial charge in [0, 0.05) is 29.5 Å². The Morgan fingerprint density at radius 2 is 1.95 bits per heavy atom. The Hall–Kier alpha value is -2.81. The first-order valence-electron chi connectivity index (χ1n) is 6.30. The van der Waals surface area contributed by atoms with Gasteiger partial charge in [-0.05, 0) is 42.0 Å². The lowest BCUT2D eigenvalue weighted by atomic mass is 10.1. The van der Waals surface area contributed by atoms with Crippen LogP contribution in [-0.2, 0) is 0 Å². The summed E-state index contributed by atoms with van der Waals surface area (Å²) < 4.78 is 0. The third-order valence-electron chi connectivity index (χ3n) is 3.00. The van der Waals surface area contributed by atoms with Crippen LogP contribution in [0.3, 0.4) is 0 Å². The van der Waals surface area contributed by atoms with E-state index in [2.05, 4.69) is 9.97 Å². The molecule has 0 atom stereocenters. The van der Waals surface area contributed by atoms with E-state index in [1.807, 2.05) is 36.4 Å². The van der Waals surface area contributed by atoms with Crippen LogP contribution in [0.15, 0.2) is 67.1 Å². The SMILES string of the molecule is O=C(/C=C/c1ccc2ncccc2c1)c1cccnc1. The summed E-state index contributed by atoms with van der Waals surface area (Å²) in [6, 6.07) is 13.3. The molecule has 96 valence electrons. The fourth-order valence-corrected chi connectivity index (χ4v) is 1.97. The van der Waals surface area contributed by atoms with E-state index < -0.39 is 0 Å². The van der Waals surface area contributed by atoms with E-state index >= 15 is 0 Å². The van der Waals surface area contributed by atoms with Crippen molar-refractivity contribution >= 4 is 22.8 Å². The molecule has 0 spiro atoms. The molecule has 0 radical (unpaired) electrons. The maximum absolute atomic E-state index is 11.9. The van der Waals surface area contributed by atoms with Gasteiger partial charge in [0.05, 0.1) is 5.52 Å². The number of rotatable bonds is 3. The maximum atomic E-state index is 11.9. The van der Waals surface area contributed by atoms with Crippen molar-refractivity contribution in [2.75, 3.05) is 0 Å². The number of carbonyl (C=O) groups excluding carboxylic acids is 1. The molecule has 0 bridgehead atoms. The van der Waals surface area contributed by atoms with Crippen LogP contribution in [0.2, 0.25) is 0 Å². The molecule has 0 unspecified atom stereocenters. The van der Waals surface area contributed by atoms with Gasteiger partial charge in [0.15, 0.2) is 5.78 Å². The van der Waals surface area contributed by atoms with E-state index in [-0.39, 0.29) is 5.78 Å². The lowest BCUT2D eigenvalue weighted by Crippen LogP contribution is -1.94. The van der Waals surface area contributed by atoms with Crippen LogP contribution in [0.5, 0.6) is 0 Å². The number of pyridine rings is 2. The first-order chi connectivity index (χ1) is 9.83. The zero-order valence-corrected chi connectivity index (χ0v) is 10.7. The van der Waals surface area contributed by atoms with E-state index in [9.17, 15) is 4.79 Å². The van der Waals surface area contributed by atoms with E-state index in [0.717, 1.165) is 16.5 Å². The van der Waals surface area contributed by atoms with E-state index in [1.54, 1.807) is 36.8 Å². The summed E-state index contributed by atoms with van der Waals surface area (Å²) in [6.45, 7) is 0. The number of hydrogen-bond donors (Lipinski definition) is 0. The van der Waals surface area contributed by atoms with Gasteiger partial charge in [-0.3, -0.25) is 14.8 Å². The molecule has 0 saturated heterocycles. The van der Waals surface area contributed by atoms with Crippen LogP contribution in [0, 0.1) is 0 Å². The van der Waals surface area contributed by atoms with E-state index in [4.69, 9.17) is 0 Å². The Morgan fingerprint density at radius 1 is 1.05 bits per heavy atom. The van der Waals surface area contributed by atoms with Gasteiger partial charge in [-0.2, -0.15) is 0 Å². The highest BCUT2D eigenvalue weighted by atomic mass is 16.1. The van der Waals surface area contributed by atoms with Gasteiger partial charge >= 0.3 is 0 Å². The standard InChI is InChI=1S/C17H12N2O/c20-17(15-4-1-9-18-12-15)8-6-13-5-7-16-14(11-13)3-2-10-19-16/h1-12H/b8-6+. The fraction of sp³-hybridized carbons (Fsp3) is 0. The Kier molecular flexibility index (Phi) is 3.33. The van der Waals surface area contributed by atoms with Crippen LogP contribution >= 0.6 is 0 Å². The molecule has 0 amide bonds. The quantitative estimate of drug-likeness (QED) is 0.534. The lowest BCUT2D eigenvalue weighted by Gasteiger charge is -1.98. The summed E-state index contributed by atoms with van der Waals surface area (Å²) in [5.41, 5.74) is 2.51. The topological polar surface area (TPSA) is 42.9 Å². The molecule has 0 aliphatic heterocycles. The molecule has 2 heterocycles. The van der Waals surface area contributed by atoms with Gasteiger partial charge in [-0.25, -0.2) is 0 Å². The number of benzene rings is 1. The monoisotopic (exact) mass is 260 g/mol.